The summed E-state index contributed by atoms with van der Waals surface area (Å²) in [5, 5.41) is 13.9. The highest BCUT2D eigenvalue weighted by Gasteiger charge is 2.19. The normalized spacial score (nSPS) is 15.5. The van der Waals surface area contributed by atoms with Gasteiger partial charge in [0.15, 0.2) is 11.6 Å². The summed E-state index contributed by atoms with van der Waals surface area (Å²) in [6.45, 7) is 0. The summed E-state index contributed by atoms with van der Waals surface area (Å²) >= 11 is 1.80. The molecule has 8 heteroatoms. The third kappa shape index (κ3) is 4.07. The van der Waals surface area contributed by atoms with Crippen LogP contribution in [-0.2, 0) is 0 Å². The zero-order chi connectivity index (χ0) is 15.4. The summed E-state index contributed by atoms with van der Waals surface area (Å²) in [4.78, 5) is 22.8. The standard InChI is InChI=1S/C13H14F2N2O3S/c14-9-5-8(12(18)19)11(6-10(9)15)17-13(20)16-7-1-3-21-4-2-7/h5-7H,1-4H2,(H,18,19)(H2,16,17,20). The van der Waals surface area contributed by atoms with E-state index in [4.69, 9.17) is 5.11 Å². The van der Waals surface area contributed by atoms with Crippen LogP contribution in [0.3, 0.4) is 0 Å². The van der Waals surface area contributed by atoms with Crippen LogP contribution in [0.5, 0.6) is 0 Å². The van der Waals surface area contributed by atoms with E-state index >= 15 is 0 Å². The van der Waals surface area contributed by atoms with E-state index in [-0.39, 0.29) is 11.7 Å². The number of amides is 2. The number of anilines is 1. The van der Waals surface area contributed by atoms with Crippen molar-refractivity contribution in [3.63, 3.8) is 0 Å². The number of carboxylic acid groups (broad SMARTS) is 1. The molecule has 1 aromatic carbocycles. The van der Waals surface area contributed by atoms with Crippen LogP contribution in [0, 0.1) is 11.6 Å². The first kappa shape index (κ1) is 15.6. The SMILES string of the molecule is O=C(Nc1cc(F)c(F)cc1C(=O)O)NC1CCSCC1. The highest BCUT2D eigenvalue weighted by Crippen LogP contribution is 2.21. The lowest BCUT2D eigenvalue weighted by molar-refractivity contribution is 0.0697. The summed E-state index contributed by atoms with van der Waals surface area (Å²) in [5.74, 6) is -2.06. The van der Waals surface area contributed by atoms with Gasteiger partial charge in [-0.3, -0.25) is 0 Å². The molecular weight excluding hydrogens is 302 g/mol. The molecule has 1 heterocycles. The van der Waals surface area contributed by atoms with E-state index in [1.807, 2.05) is 0 Å². The van der Waals surface area contributed by atoms with Gasteiger partial charge in [0.1, 0.15) is 0 Å². The van der Waals surface area contributed by atoms with Crippen LogP contribution < -0.4 is 10.6 Å². The van der Waals surface area contributed by atoms with E-state index in [9.17, 15) is 18.4 Å². The average molecular weight is 316 g/mol. The number of benzene rings is 1. The highest BCUT2D eigenvalue weighted by atomic mass is 32.2. The summed E-state index contributed by atoms with van der Waals surface area (Å²) in [7, 11) is 0. The molecule has 0 atom stereocenters. The second kappa shape index (κ2) is 6.75. The molecule has 0 spiro atoms. The number of urea groups is 1. The first-order valence-corrected chi connectivity index (χ1v) is 7.50. The molecule has 114 valence electrons. The maximum Gasteiger partial charge on any atom is 0.337 e. The Hall–Kier alpha value is -1.83. The van der Waals surface area contributed by atoms with Crippen LogP contribution >= 0.6 is 11.8 Å². The van der Waals surface area contributed by atoms with Crippen LogP contribution in [0.4, 0.5) is 19.3 Å². The molecule has 21 heavy (non-hydrogen) atoms. The fraction of sp³-hybridized carbons (Fsp3) is 0.385. The molecule has 1 aliphatic rings. The lowest BCUT2D eigenvalue weighted by Gasteiger charge is -2.22. The molecule has 0 radical (unpaired) electrons. The Bertz CT molecular complexity index is 563. The minimum atomic E-state index is -1.45. The molecule has 1 fully saturated rings. The highest BCUT2D eigenvalue weighted by molar-refractivity contribution is 7.99. The van der Waals surface area contributed by atoms with Gasteiger partial charge in [-0.15, -0.1) is 0 Å². The third-order valence-corrected chi connectivity index (χ3v) is 4.14. The van der Waals surface area contributed by atoms with E-state index in [1.54, 1.807) is 11.8 Å². The number of aromatic carboxylic acids is 1. The van der Waals surface area contributed by atoms with Gasteiger partial charge in [0.25, 0.3) is 0 Å². The van der Waals surface area contributed by atoms with Crippen LogP contribution in [0.1, 0.15) is 23.2 Å². The number of hydrogen-bond acceptors (Lipinski definition) is 3. The van der Waals surface area contributed by atoms with Crippen LogP contribution in [0.25, 0.3) is 0 Å². The molecule has 0 bridgehead atoms. The molecule has 0 unspecified atom stereocenters. The maximum absolute atomic E-state index is 13.2. The van der Waals surface area contributed by atoms with E-state index in [0.717, 1.165) is 24.3 Å². The second-order valence-corrected chi connectivity index (χ2v) is 5.83. The van der Waals surface area contributed by atoms with Crippen molar-refractivity contribution in [3.8, 4) is 0 Å². The molecule has 0 saturated carbocycles. The number of carbonyl (C=O) groups excluding carboxylic acids is 1. The third-order valence-electron chi connectivity index (χ3n) is 3.10. The lowest BCUT2D eigenvalue weighted by atomic mass is 10.1. The summed E-state index contributed by atoms with van der Waals surface area (Å²) in [6.07, 6.45) is 1.64. The Labute approximate surface area is 124 Å². The zero-order valence-electron chi connectivity index (χ0n) is 11.0. The predicted octanol–water partition coefficient (Wildman–Crippen LogP) is 2.68. The van der Waals surface area contributed by atoms with Crippen molar-refractivity contribution >= 4 is 29.4 Å². The van der Waals surface area contributed by atoms with Crippen molar-refractivity contribution < 1.29 is 23.5 Å². The van der Waals surface area contributed by atoms with E-state index in [2.05, 4.69) is 10.6 Å². The van der Waals surface area contributed by atoms with Gasteiger partial charge < -0.3 is 15.7 Å². The van der Waals surface area contributed by atoms with Gasteiger partial charge >= 0.3 is 12.0 Å². The molecule has 2 amide bonds. The van der Waals surface area contributed by atoms with Gasteiger partial charge in [-0.1, -0.05) is 0 Å². The average Bonchev–Trinajstić information content (AvgIpc) is 2.43. The van der Waals surface area contributed by atoms with Crippen LogP contribution in [0.15, 0.2) is 12.1 Å². The van der Waals surface area contributed by atoms with Crippen molar-refractivity contribution in [3.05, 3.63) is 29.3 Å². The number of hydrogen-bond donors (Lipinski definition) is 3. The maximum atomic E-state index is 13.2. The Kier molecular flexibility index (Phi) is 5.00. The zero-order valence-corrected chi connectivity index (χ0v) is 11.8. The minimum Gasteiger partial charge on any atom is -0.478 e. The van der Waals surface area contributed by atoms with Crippen molar-refractivity contribution in [1.29, 1.82) is 0 Å². The van der Waals surface area contributed by atoms with Crippen molar-refractivity contribution in [2.75, 3.05) is 16.8 Å². The number of nitrogens with one attached hydrogen (secondary N) is 2. The molecular formula is C13H14F2N2O3S. The lowest BCUT2D eigenvalue weighted by Crippen LogP contribution is -2.40. The largest absolute Gasteiger partial charge is 0.478 e. The van der Waals surface area contributed by atoms with Gasteiger partial charge in [0.2, 0.25) is 0 Å². The van der Waals surface area contributed by atoms with Crippen molar-refractivity contribution in [2.24, 2.45) is 0 Å². The first-order chi connectivity index (χ1) is 9.97. The number of halogens is 2. The smallest absolute Gasteiger partial charge is 0.337 e. The summed E-state index contributed by atoms with van der Waals surface area (Å²) in [6, 6.07) is 0.588. The van der Waals surface area contributed by atoms with Crippen LogP contribution in [0.2, 0.25) is 0 Å². The Morgan fingerprint density at radius 3 is 2.43 bits per heavy atom. The monoisotopic (exact) mass is 316 g/mol. The van der Waals surface area contributed by atoms with E-state index < -0.39 is 29.2 Å². The molecule has 1 aromatic rings. The molecule has 1 saturated heterocycles. The first-order valence-electron chi connectivity index (χ1n) is 6.35. The number of carbonyl (C=O) groups is 2. The van der Waals surface area contributed by atoms with Gasteiger partial charge in [-0.05, 0) is 30.4 Å². The van der Waals surface area contributed by atoms with Crippen molar-refractivity contribution in [1.82, 2.24) is 5.32 Å². The quantitative estimate of drug-likeness (QED) is 0.801. The molecule has 2 rings (SSSR count). The number of rotatable bonds is 3. The van der Waals surface area contributed by atoms with Gasteiger partial charge in [0.05, 0.1) is 11.3 Å². The molecule has 5 nitrogen and oxygen atoms in total. The van der Waals surface area contributed by atoms with Gasteiger partial charge in [-0.25, -0.2) is 18.4 Å². The molecule has 0 aliphatic carbocycles. The predicted molar refractivity (Wildman–Crippen MR) is 75.8 cm³/mol. The second-order valence-electron chi connectivity index (χ2n) is 4.60. The van der Waals surface area contributed by atoms with E-state index in [1.165, 1.54) is 0 Å². The molecule has 3 N–H and O–H groups in total. The summed E-state index contributed by atoms with van der Waals surface area (Å²) in [5.41, 5.74) is -0.771. The Morgan fingerprint density at radius 1 is 1.19 bits per heavy atom. The van der Waals surface area contributed by atoms with E-state index in [0.29, 0.717) is 12.1 Å². The molecule has 0 aromatic heterocycles. The Balaban J connectivity index is 2.09. The minimum absolute atomic E-state index is 0.00447. The van der Waals surface area contributed by atoms with Gasteiger partial charge in [-0.2, -0.15) is 11.8 Å². The Morgan fingerprint density at radius 2 is 1.81 bits per heavy atom. The number of thioether (sulfide) groups is 1. The topological polar surface area (TPSA) is 78.4 Å². The molecule has 1 aliphatic heterocycles. The van der Waals surface area contributed by atoms with Crippen molar-refractivity contribution in [2.45, 2.75) is 18.9 Å². The number of carboxylic acids is 1. The van der Waals surface area contributed by atoms with Crippen LogP contribution in [-0.4, -0.2) is 34.7 Å². The fourth-order valence-electron chi connectivity index (χ4n) is 2.01. The van der Waals surface area contributed by atoms with Gasteiger partial charge in [0, 0.05) is 12.1 Å². The summed E-state index contributed by atoms with van der Waals surface area (Å²) < 4.78 is 26.2. The fourth-order valence-corrected chi connectivity index (χ4v) is 3.12.